The lowest BCUT2D eigenvalue weighted by molar-refractivity contribution is 0.101. The van der Waals surface area contributed by atoms with Gasteiger partial charge in [0.25, 0.3) is 0 Å². The lowest BCUT2D eigenvalue weighted by Crippen LogP contribution is -2.00. The summed E-state index contributed by atoms with van der Waals surface area (Å²) in [5, 5.41) is 0. The minimum absolute atomic E-state index is 0.185. The molecule has 0 unspecified atom stereocenters. The quantitative estimate of drug-likeness (QED) is 0.777. The zero-order valence-electron chi connectivity index (χ0n) is 14.4. The fraction of sp³-hybridized carbons (Fsp3) is 0.211. The third kappa shape index (κ3) is 2.98. The van der Waals surface area contributed by atoms with Crippen molar-refractivity contribution in [2.45, 2.75) is 0 Å². The molecule has 6 heteroatoms. The van der Waals surface area contributed by atoms with Gasteiger partial charge in [0, 0.05) is 23.8 Å². The van der Waals surface area contributed by atoms with Crippen LogP contribution in [0.5, 0.6) is 28.7 Å². The van der Waals surface area contributed by atoms with Gasteiger partial charge in [-0.15, -0.1) is 0 Å². The van der Waals surface area contributed by atoms with E-state index in [2.05, 4.69) is 0 Å². The Labute approximate surface area is 145 Å². The first-order chi connectivity index (χ1) is 12.1. The number of fused-ring (bicyclic) bond motifs is 1. The molecule has 0 radical (unpaired) electrons. The Morgan fingerprint density at radius 1 is 0.840 bits per heavy atom. The van der Waals surface area contributed by atoms with Crippen molar-refractivity contribution in [2.75, 3.05) is 28.4 Å². The molecule has 1 aliphatic heterocycles. The SMILES string of the molecule is COc1ccc(/C=C2\Oc3cc(OC)cc(OC)c3C2=O)c(OC)c1. The number of carbonyl (C=O) groups excluding carboxylic acids is 1. The molecule has 0 saturated heterocycles. The number of ketones is 1. The van der Waals surface area contributed by atoms with E-state index in [1.165, 1.54) is 14.2 Å². The Balaban J connectivity index is 2.03. The van der Waals surface area contributed by atoms with Crippen LogP contribution in [-0.4, -0.2) is 34.2 Å². The number of Topliss-reactive ketones (excluding diaryl/α,β-unsaturated/α-hetero) is 1. The summed E-state index contributed by atoms with van der Waals surface area (Å²) in [6.45, 7) is 0. The van der Waals surface area contributed by atoms with Gasteiger partial charge in [0.1, 0.15) is 34.3 Å². The van der Waals surface area contributed by atoms with Crippen molar-refractivity contribution in [3.8, 4) is 28.7 Å². The van der Waals surface area contributed by atoms with Crippen LogP contribution in [0.25, 0.3) is 6.08 Å². The fourth-order valence-corrected chi connectivity index (χ4v) is 2.61. The Kier molecular flexibility index (Phi) is 4.52. The van der Waals surface area contributed by atoms with E-state index >= 15 is 0 Å². The van der Waals surface area contributed by atoms with Crippen molar-refractivity contribution >= 4 is 11.9 Å². The first-order valence-electron chi connectivity index (χ1n) is 7.53. The predicted octanol–water partition coefficient (Wildman–Crippen LogP) is 3.34. The number of carbonyl (C=O) groups is 1. The average molecular weight is 342 g/mol. The second-order valence-corrected chi connectivity index (χ2v) is 5.25. The molecule has 0 saturated carbocycles. The molecule has 25 heavy (non-hydrogen) atoms. The number of ether oxygens (including phenoxy) is 5. The molecular weight excluding hydrogens is 324 g/mol. The van der Waals surface area contributed by atoms with Gasteiger partial charge in [-0.05, 0) is 18.2 Å². The van der Waals surface area contributed by atoms with Gasteiger partial charge in [0.05, 0.1) is 28.4 Å². The van der Waals surface area contributed by atoms with Crippen LogP contribution in [-0.2, 0) is 0 Å². The first kappa shape index (κ1) is 16.7. The summed E-state index contributed by atoms with van der Waals surface area (Å²) < 4.78 is 26.8. The number of benzene rings is 2. The van der Waals surface area contributed by atoms with Crippen LogP contribution in [0.2, 0.25) is 0 Å². The molecule has 0 amide bonds. The zero-order chi connectivity index (χ0) is 18.0. The molecule has 130 valence electrons. The van der Waals surface area contributed by atoms with E-state index in [0.29, 0.717) is 39.9 Å². The van der Waals surface area contributed by atoms with Crippen molar-refractivity contribution < 1.29 is 28.5 Å². The Hall–Kier alpha value is -3.15. The van der Waals surface area contributed by atoms with E-state index in [4.69, 9.17) is 23.7 Å². The Bertz CT molecular complexity index is 853. The van der Waals surface area contributed by atoms with Crippen LogP contribution in [0.3, 0.4) is 0 Å². The maximum atomic E-state index is 12.7. The zero-order valence-corrected chi connectivity index (χ0v) is 14.4. The average Bonchev–Trinajstić information content (AvgIpc) is 2.96. The molecule has 6 nitrogen and oxygen atoms in total. The molecule has 0 bridgehead atoms. The Morgan fingerprint density at radius 3 is 2.16 bits per heavy atom. The van der Waals surface area contributed by atoms with Crippen molar-refractivity contribution in [1.82, 2.24) is 0 Å². The minimum Gasteiger partial charge on any atom is -0.497 e. The van der Waals surface area contributed by atoms with E-state index in [0.717, 1.165) is 0 Å². The molecule has 1 heterocycles. The smallest absolute Gasteiger partial charge is 0.235 e. The minimum atomic E-state index is -0.257. The maximum Gasteiger partial charge on any atom is 0.235 e. The molecule has 1 aliphatic rings. The van der Waals surface area contributed by atoms with Gasteiger partial charge in [0.2, 0.25) is 5.78 Å². The van der Waals surface area contributed by atoms with Gasteiger partial charge in [0.15, 0.2) is 5.76 Å². The highest BCUT2D eigenvalue weighted by atomic mass is 16.5. The van der Waals surface area contributed by atoms with Crippen molar-refractivity contribution in [3.63, 3.8) is 0 Å². The fourth-order valence-electron chi connectivity index (χ4n) is 2.61. The van der Waals surface area contributed by atoms with Crippen LogP contribution in [0.4, 0.5) is 0 Å². The number of rotatable bonds is 5. The van der Waals surface area contributed by atoms with E-state index in [1.54, 1.807) is 50.6 Å². The lowest BCUT2D eigenvalue weighted by atomic mass is 10.1. The standard InChI is InChI=1S/C19H18O6/c1-21-12-6-5-11(14(8-12)23-3)7-17-19(20)18-15(24-4)9-13(22-2)10-16(18)25-17/h5-10H,1-4H3/b17-7-. The summed E-state index contributed by atoms with van der Waals surface area (Å²) in [6, 6.07) is 8.62. The molecule has 2 aromatic rings. The molecule has 0 spiro atoms. The highest BCUT2D eigenvalue weighted by Crippen LogP contribution is 2.42. The molecule has 0 atom stereocenters. The summed E-state index contributed by atoms with van der Waals surface area (Å²) in [5.74, 6) is 2.52. The molecule has 0 fully saturated rings. The van der Waals surface area contributed by atoms with Gasteiger partial charge in [-0.25, -0.2) is 0 Å². The van der Waals surface area contributed by atoms with E-state index in [-0.39, 0.29) is 11.5 Å². The van der Waals surface area contributed by atoms with E-state index < -0.39 is 0 Å². The molecule has 3 rings (SSSR count). The first-order valence-corrected chi connectivity index (χ1v) is 7.53. The highest BCUT2D eigenvalue weighted by Gasteiger charge is 2.32. The summed E-state index contributed by atoms with van der Waals surface area (Å²) in [5.41, 5.74) is 1.08. The van der Waals surface area contributed by atoms with Crippen LogP contribution in [0, 0.1) is 0 Å². The van der Waals surface area contributed by atoms with Gasteiger partial charge in [-0.1, -0.05) is 0 Å². The topological polar surface area (TPSA) is 63.2 Å². The lowest BCUT2D eigenvalue weighted by Gasteiger charge is -2.08. The summed E-state index contributed by atoms with van der Waals surface area (Å²) in [4.78, 5) is 12.7. The summed E-state index contributed by atoms with van der Waals surface area (Å²) in [7, 11) is 6.16. The van der Waals surface area contributed by atoms with Crippen molar-refractivity contribution in [2.24, 2.45) is 0 Å². The van der Waals surface area contributed by atoms with Gasteiger partial charge < -0.3 is 23.7 Å². The molecular formula is C19H18O6. The monoisotopic (exact) mass is 342 g/mol. The Morgan fingerprint density at radius 2 is 1.52 bits per heavy atom. The largest absolute Gasteiger partial charge is 0.497 e. The van der Waals surface area contributed by atoms with Crippen LogP contribution in [0.1, 0.15) is 15.9 Å². The molecule has 0 aromatic heterocycles. The third-order valence-corrected chi connectivity index (χ3v) is 3.89. The van der Waals surface area contributed by atoms with Crippen LogP contribution < -0.4 is 23.7 Å². The number of methoxy groups -OCH3 is 4. The van der Waals surface area contributed by atoms with Gasteiger partial charge >= 0.3 is 0 Å². The normalized spacial score (nSPS) is 14.1. The number of hydrogen-bond donors (Lipinski definition) is 0. The number of hydrogen-bond acceptors (Lipinski definition) is 6. The highest BCUT2D eigenvalue weighted by molar-refractivity contribution is 6.16. The molecule has 0 N–H and O–H groups in total. The molecule has 0 aliphatic carbocycles. The summed E-state index contributed by atoms with van der Waals surface area (Å²) >= 11 is 0. The van der Waals surface area contributed by atoms with Crippen LogP contribution in [0.15, 0.2) is 36.1 Å². The number of allylic oxidation sites excluding steroid dienone is 1. The predicted molar refractivity (Wildman–Crippen MR) is 92.0 cm³/mol. The third-order valence-electron chi connectivity index (χ3n) is 3.89. The van der Waals surface area contributed by atoms with Gasteiger partial charge in [-0.3, -0.25) is 4.79 Å². The van der Waals surface area contributed by atoms with Crippen molar-refractivity contribution in [1.29, 1.82) is 0 Å². The summed E-state index contributed by atoms with van der Waals surface area (Å²) in [6.07, 6.45) is 1.63. The second-order valence-electron chi connectivity index (χ2n) is 5.25. The van der Waals surface area contributed by atoms with Crippen molar-refractivity contribution in [3.05, 3.63) is 47.2 Å². The van der Waals surface area contributed by atoms with E-state index in [9.17, 15) is 4.79 Å². The maximum absolute atomic E-state index is 12.7. The van der Waals surface area contributed by atoms with Crippen LogP contribution >= 0.6 is 0 Å². The van der Waals surface area contributed by atoms with Gasteiger partial charge in [-0.2, -0.15) is 0 Å². The van der Waals surface area contributed by atoms with E-state index in [1.807, 2.05) is 0 Å². The molecule has 2 aromatic carbocycles. The second kappa shape index (κ2) is 6.76.